The Labute approximate surface area is 354 Å². The quantitative estimate of drug-likeness (QED) is 0.0552. The molecule has 60 heavy (non-hydrogen) atoms. The van der Waals surface area contributed by atoms with E-state index in [0.717, 1.165) is 42.4 Å². The van der Waals surface area contributed by atoms with Crippen molar-refractivity contribution in [2.75, 3.05) is 33.0 Å². The number of oxime groups is 1. The minimum absolute atomic E-state index is 0.0320. The third-order valence-corrected chi connectivity index (χ3v) is 11.9. The first-order valence-electron chi connectivity index (χ1n) is 21.5. The zero-order chi connectivity index (χ0) is 42.3. The topological polar surface area (TPSA) is 119 Å². The maximum Gasteiger partial charge on any atom is 0.410 e. The molecule has 0 spiro atoms. The van der Waals surface area contributed by atoms with Crippen molar-refractivity contribution in [3.05, 3.63) is 132 Å². The van der Waals surface area contributed by atoms with E-state index in [9.17, 15) is 19.4 Å². The molecule has 11 heteroatoms. The lowest BCUT2D eigenvalue weighted by molar-refractivity contribution is -0.255. The number of rotatable bonds is 23. The normalized spacial score (nSPS) is 23.4. The molecule has 0 unspecified atom stereocenters. The van der Waals surface area contributed by atoms with E-state index in [4.69, 9.17) is 28.9 Å². The molecule has 3 aliphatic rings. The van der Waals surface area contributed by atoms with Gasteiger partial charge in [-0.3, -0.25) is 4.90 Å². The fourth-order valence-corrected chi connectivity index (χ4v) is 9.20. The second kappa shape index (κ2) is 22.0. The summed E-state index contributed by atoms with van der Waals surface area (Å²) in [6.07, 6.45) is 11.2. The van der Waals surface area contributed by atoms with Crippen molar-refractivity contribution in [3.8, 4) is 11.5 Å². The van der Waals surface area contributed by atoms with Gasteiger partial charge in [-0.15, -0.1) is 13.2 Å². The van der Waals surface area contributed by atoms with E-state index < -0.39 is 23.8 Å². The van der Waals surface area contributed by atoms with E-state index in [1.807, 2.05) is 55.5 Å². The molecule has 1 fully saturated rings. The highest BCUT2D eigenvalue weighted by Gasteiger charge is 2.65. The Kier molecular flexibility index (Phi) is 16.4. The molecule has 0 aromatic heterocycles. The fourth-order valence-electron chi connectivity index (χ4n) is 9.20. The summed E-state index contributed by atoms with van der Waals surface area (Å²) in [4.78, 5) is 22.2. The van der Waals surface area contributed by atoms with Crippen molar-refractivity contribution >= 4 is 11.8 Å². The van der Waals surface area contributed by atoms with Crippen LogP contribution in [0.2, 0.25) is 0 Å². The summed E-state index contributed by atoms with van der Waals surface area (Å²) in [6, 6.07) is 21.4. The molecule has 6 rings (SSSR count). The van der Waals surface area contributed by atoms with Crippen LogP contribution in [-0.2, 0) is 27.5 Å². The van der Waals surface area contributed by atoms with E-state index in [1.54, 1.807) is 35.3 Å². The van der Waals surface area contributed by atoms with Crippen LogP contribution < -0.4 is 9.47 Å². The molecule has 2 aliphatic carbocycles. The average molecular weight is 825 g/mol. The number of aliphatic hydroxyl groups is 2. The van der Waals surface area contributed by atoms with Crippen molar-refractivity contribution in [2.24, 2.45) is 22.9 Å². The van der Waals surface area contributed by atoms with Crippen molar-refractivity contribution < 1.29 is 43.2 Å². The van der Waals surface area contributed by atoms with Crippen LogP contribution in [0.4, 0.5) is 9.18 Å². The molecule has 2 N–H and O–H groups in total. The van der Waals surface area contributed by atoms with Crippen LogP contribution in [0.25, 0.3) is 0 Å². The molecular formula is C49H61FN2O8. The number of carbonyl (C=O) groups is 1. The molecule has 1 aliphatic heterocycles. The monoisotopic (exact) mass is 824 g/mol. The Bertz CT molecular complexity index is 1940. The standard InChI is InChI=1S/C49H61FN2O8/c1-4-7-29-56-48(55)52(25-5-2)45-32-43(51-59-33-35-17-9-8-10-18-35)40-30-36(19-13-15-26-53)39(21-14-16-27-54)46-41-31-38(57-34-37-20-11-12-22-42(37)50)23-24-44(41)60-49(45,47(40)46)58-28-6-3/h4,6,8-12,17-18,20,22-24,30-31,36,39,45-47,53-54H,1,3,5,7,13-16,19,21,25-29,32-34H2,2H3/t36-,39+,45-,46+,47+,49+/m0/s1. The summed E-state index contributed by atoms with van der Waals surface area (Å²) in [5.74, 6) is -1.23. The first-order chi connectivity index (χ1) is 29.4. The van der Waals surface area contributed by atoms with Gasteiger partial charge in [0.15, 0.2) is 0 Å². The predicted molar refractivity (Wildman–Crippen MR) is 230 cm³/mol. The van der Waals surface area contributed by atoms with Gasteiger partial charge in [-0.1, -0.05) is 91.7 Å². The van der Waals surface area contributed by atoms with Crippen LogP contribution in [0.1, 0.15) is 87.3 Å². The molecule has 1 amide bonds. The summed E-state index contributed by atoms with van der Waals surface area (Å²) in [6.45, 7) is 11.0. The SMILES string of the molecule is C=CCCOC(=O)N(CCC)[C@H]1CC(=NOCc2ccccc2)C2=C[C@H](CCCCO)[C@@H](CCCCO)[C@@H]3c4cc(OCc5ccccc5F)ccc4O[C@@]1(OCC=C)[C@H]23. The number of allylic oxidation sites excluding steroid dienone is 1. The van der Waals surface area contributed by atoms with Gasteiger partial charge < -0.3 is 34.0 Å². The number of aliphatic hydroxyl groups excluding tert-OH is 2. The number of amides is 1. The Hall–Kier alpha value is -4.97. The number of halogens is 1. The number of hydrogen-bond donors (Lipinski definition) is 2. The lowest BCUT2D eigenvalue weighted by atomic mass is 9.55. The minimum Gasteiger partial charge on any atom is -0.489 e. The van der Waals surface area contributed by atoms with Crippen molar-refractivity contribution in [2.45, 2.75) is 95.7 Å². The van der Waals surface area contributed by atoms with Gasteiger partial charge in [0, 0.05) is 43.2 Å². The summed E-state index contributed by atoms with van der Waals surface area (Å²) in [7, 11) is 0. The molecular weight excluding hydrogens is 764 g/mol. The van der Waals surface area contributed by atoms with Gasteiger partial charge in [-0.25, -0.2) is 9.18 Å². The molecule has 6 atom stereocenters. The van der Waals surface area contributed by atoms with Crippen LogP contribution in [0.3, 0.4) is 0 Å². The molecule has 322 valence electrons. The van der Waals surface area contributed by atoms with Crippen LogP contribution in [-0.4, -0.2) is 71.7 Å². The van der Waals surface area contributed by atoms with Gasteiger partial charge in [0.25, 0.3) is 0 Å². The zero-order valence-electron chi connectivity index (χ0n) is 34.9. The van der Waals surface area contributed by atoms with Crippen LogP contribution in [0.5, 0.6) is 11.5 Å². The summed E-state index contributed by atoms with van der Waals surface area (Å²) < 4.78 is 41.2. The molecule has 0 radical (unpaired) electrons. The molecule has 10 nitrogen and oxygen atoms in total. The van der Waals surface area contributed by atoms with Gasteiger partial charge in [-0.05, 0) is 85.8 Å². The third kappa shape index (κ3) is 10.3. The van der Waals surface area contributed by atoms with E-state index in [2.05, 4.69) is 19.2 Å². The third-order valence-electron chi connectivity index (χ3n) is 11.9. The average Bonchev–Trinajstić information content (AvgIpc) is 3.26. The second-order valence-corrected chi connectivity index (χ2v) is 15.8. The summed E-state index contributed by atoms with van der Waals surface area (Å²) in [5, 5.41) is 24.7. The van der Waals surface area contributed by atoms with Gasteiger partial charge in [0.2, 0.25) is 5.79 Å². The van der Waals surface area contributed by atoms with Crippen molar-refractivity contribution in [1.29, 1.82) is 0 Å². The lowest BCUT2D eigenvalue weighted by Crippen LogP contribution is -2.70. The zero-order valence-corrected chi connectivity index (χ0v) is 34.9. The van der Waals surface area contributed by atoms with Crippen LogP contribution in [0.15, 0.2) is 115 Å². The Morgan fingerprint density at radius 3 is 2.48 bits per heavy atom. The number of hydrogen-bond acceptors (Lipinski definition) is 9. The first kappa shape index (κ1) is 44.6. The first-order valence-corrected chi connectivity index (χ1v) is 21.5. The smallest absolute Gasteiger partial charge is 0.410 e. The van der Waals surface area contributed by atoms with Crippen molar-refractivity contribution in [1.82, 2.24) is 4.90 Å². The van der Waals surface area contributed by atoms with E-state index in [1.165, 1.54) is 6.07 Å². The van der Waals surface area contributed by atoms with Crippen LogP contribution >= 0.6 is 0 Å². The van der Waals surface area contributed by atoms with E-state index in [0.29, 0.717) is 55.0 Å². The molecule has 0 bridgehead atoms. The fraction of sp³-hybridized carbons (Fsp3) is 0.469. The highest BCUT2D eigenvalue weighted by Crippen LogP contribution is 2.62. The number of ether oxygens (including phenoxy) is 4. The largest absolute Gasteiger partial charge is 0.489 e. The van der Waals surface area contributed by atoms with Gasteiger partial charge in [0.1, 0.15) is 36.6 Å². The van der Waals surface area contributed by atoms with Gasteiger partial charge in [0.05, 0.1) is 24.8 Å². The van der Waals surface area contributed by atoms with Gasteiger partial charge >= 0.3 is 6.09 Å². The van der Waals surface area contributed by atoms with E-state index in [-0.39, 0.29) is 69.6 Å². The molecule has 1 saturated carbocycles. The maximum absolute atomic E-state index is 14.7. The Morgan fingerprint density at radius 2 is 1.75 bits per heavy atom. The van der Waals surface area contributed by atoms with Crippen molar-refractivity contribution in [3.63, 3.8) is 0 Å². The number of unbranched alkanes of at least 4 members (excludes halogenated alkanes) is 2. The van der Waals surface area contributed by atoms with E-state index >= 15 is 0 Å². The Morgan fingerprint density at radius 1 is 0.983 bits per heavy atom. The highest BCUT2D eigenvalue weighted by atomic mass is 19.1. The lowest BCUT2D eigenvalue weighted by Gasteiger charge is -2.59. The molecule has 3 aromatic carbocycles. The molecule has 1 heterocycles. The predicted octanol–water partition coefficient (Wildman–Crippen LogP) is 9.66. The number of carbonyl (C=O) groups excluding carboxylic acids is 1. The number of nitrogens with zero attached hydrogens (tertiary/aromatic N) is 2. The summed E-state index contributed by atoms with van der Waals surface area (Å²) >= 11 is 0. The molecule has 0 saturated heterocycles. The highest BCUT2D eigenvalue weighted by molar-refractivity contribution is 6.03. The maximum atomic E-state index is 14.7. The second-order valence-electron chi connectivity index (χ2n) is 15.8. The summed E-state index contributed by atoms with van der Waals surface area (Å²) in [5.41, 5.74) is 3.95. The van der Waals surface area contributed by atoms with Gasteiger partial charge in [-0.2, -0.15) is 0 Å². The number of fused-ring (bicyclic) bond motifs is 2. The Balaban J connectivity index is 1.55. The minimum atomic E-state index is -1.41. The number of benzene rings is 3. The van der Waals surface area contributed by atoms with Crippen LogP contribution in [0, 0.1) is 23.6 Å². The molecule has 3 aromatic rings.